The monoisotopic (exact) mass is 208 g/mol. The van der Waals surface area contributed by atoms with Crippen LogP contribution in [0.15, 0.2) is 6.33 Å². The number of nitrogens with one attached hydrogen (secondary N) is 1. The van der Waals surface area contributed by atoms with Gasteiger partial charge in [0.15, 0.2) is 0 Å². The molecule has 1 N–H and O–H groups in total. The smallest absolute Gasteiger partial charge is 0.290 e. The summed E-state index contributed by atoms with van der Waals surface area (Å²) in [7, 11) is 1.82. The predicted molar refractivity (Wildman–Crippen MR) is 55.3 cm³/mol. The molecule has 82 valence electrons. The fourth-order valence-corrected chi connectivity index (χ4v) is 2.15. The average molecular weight is 208 g/mol. The molecule has 0 aliphatic heterocycles. The van der Waals surface area contributed by atoms with E-state index in [-0.39, 0.29) is 5.91 Å². The molecule has 2 rings (SSSR count). The molecular weight excluding hydrogens is 192 g/mol. The number of aromatic nitrogens is 3. The molecule has 15 heavy (non-hydrogen) atoms. The van der Waals surface area contributed by atoms with Gasteiger partial charge in [-0.3, -0.25) is 9.89 Å². The zero-order valence-electron chi connectivity index (χ0n) is 8.94. The highest BCUT2D eigenvalue weighted by atomic mass is 16.2. The summed E-state index contributed by atoms with van der Waals surface area (Å²) in [4.78, 5) is 17.4. The number of hydrogen-bond donors (Lipinski definition) is 1. The largest absolute Gasteiger partial charge is 0.339 e. The van der Waals surface area contributed by atoms with E-state index in [0.29, 0.717) is 11.7 Å². The molecule has 1 heterocycles. The van der Waals surface area contributed by atoms with E-state index in [9.17, 15) is 4.79 Å². The van der Waals surface area contributed by atoms with Gasteiger partial charge in [-0.25, -0.2) is 4.98 Å². The van der Waals surface area contributed by atoms with Gasteiger partial charge in [0.1, 0.15) is 6.33 Å². The third-order valence-corrected chi connectivity index (χ3v) is 2.97. The van der Waals surface area contributed by atoms with Crippen molar-refractivity contribution in [3.63, 3.8) is 0 Å². The second-order valence-electron chi connectivity index (χ2n) is 4.17. The maximum atomic E-state index is 11.8. The third-order valence-electron chi connectivity index (χ3n) is 2.97. The van der Waals surface area contributed by atoms with Gasteiger partial charge in [0.2, 0.25) is 5.82 Å². The first-order valence-corrected chi connectivity index (χ1v) is 5.38. The van der Waals surface area contributed by atoms with Crippen LogP contribution >= 0.6 is 0 Å². The van der Waals surface area contributed by atoms with Crippen molar-refractivity contribution < 1.29 is 4.79 Å². The molecule has 5 nitrogen and oxygen atoms in total. The van der Waals surface area contributed by atoms with Gasteiger partial charge in [-0.15, -0.1) is 0 Å². The Hall–Kier alpha value is -1.39. The summed E-state index contributed by atoms with van der Waals surface area (Å²) in [6.45, 7) is 0.833. The summed E-state index contributed by atoms with van der Waals surface area (Å²) in [5.74, 6) is 0.928. The van der Waals surface area contributed by atoms with Crippen LogP contribution < -0.4 is 0 Å². The molecule has 0 atom stereocenters. The first-order chi connectivity index (χ1) is 7.27. The van der Waals surface area contributed by atoms with Crippen LogP contribution in [0.1, 0.15) is 36.3 Å². The molecule has 1 saturated carbocycles. The van der Waals surface area contributed by atoms with E-state index in [1.54, 1.807) is 4.90 Å². The Kier molecular flexibility index (Phi) is 2.99. The van der Waals surface area contributed by atoms with E-state index in [1.807, 2.05) is 7.05 Å². The van der Waals surface area contributed by atoms with Crippen molar-refractivity contribution in [3.8, 4) is 0 Å². The Balaban J connectivity index is 1.90. The molecule has 1 fully saturated rings. The van der Waals surface area contributed by atoms with E-state index in [0.717, 1.165) is 6.54 Å². The maximum absolute atomic E-state index is 11.8. The summed E-state index contributed by atoms with van der Waals surface area (Å²) < 4.78 is 0. The fourth-order valence-electron chi connectivity index (χ4n) is 2.15. The van der Waals surface area contributed by atoms with Gasteiger partial charge in [0.25, 0.3) is 5.91 Å². The topological polar surface area (TPSA) is 61.9 Å². The second-order valence-corrected chi connectivity index (χ2v) is 4.17. The molecule has 1 aromatic rings. The van der Waals surface area contributed by atoms with Gasteiger partial charge < -0.3 is 4.90 Å². The van der Waals surface area contributed by atoms with Gasteiger partial charge in [0.05, 0.1) is 0 Å². The molecule has 0 radical (unpaired) electrons. The number of carbonyl (C=O) groups is 1. The van der Waals surface area contributed by atoms with Crippen LogP contribution in [0.4, 0.5) is 0 Å². The minimum Gasteiger partial charge on any atom is -0.339 e. The average Bonchev–Trinajstić information content (AvgIpc) is 2.88. The fraction of sp³-hybridized carbons (Fsp3) is 0.700. The van der Waals surface area contributed by atoms with E-state index in [4.69, 9.17) is 0 Å². The van der Waals surface area contributed by atoms with E-state index in [1.165, 1.54) is 32.0 Å². The Morgan fingerprint density at radius 3 is 2.93 bits per heavy atom. The Labute approximate surface area is 88.9 Å². The molecule has 0 aromatic carbocycles. The number of aromatic amines is 1. The number of carbonyl (C=O) groups excluding carboxylic acids is 1. The van der Waals surface area contributed by atoms with Crippen molar-refractivity contribution in [1.82, 2.24) is 20.1 Å². The summed E-state index contributed by atoms with van der Waals surface area (Å²) >= 11 is 0. The predicted octanol–water partition coefficient (Wildman–Crippen LogP) is 1.07. The quantitative estimate of drug-likeness (QED) is 0.808. The number of amides is 1. The third kappa shape index (κ3) is 2.34. The molecule has 0 unspecified atom stereocenters. The van der Waals surface area contributed by atoms with Crippen LogP contribution in [-0.2, 0) is 0 Å². The van der Waals surface area contributed by atoms with Crippen LogP contribution in [0.3, 0.4) is 0 Å². The molecule has 5 heteroatoms. The summed E-state index contributed by atoms with van der Waals surface area (Å²) in [6.07, 6.45) is 6.45. The first-order valence-electron chi connectivity index (χ1n) is 5.38. The molecule has 1 aliphatic carbocycles. The van der Waals surface area contributed by atoms with Crippen LogP contribution in [0.25, 0.3) is 0 Å². The van der Waals surface area contributed by atoms with Gasteiger partial charge >= 0.3 is 0 Å². The maximum Gasteiger partial charge on any atom is 0.290 e. The van der Waals surface area contributed by atoms with Crippen LogP contribution in [0, 0.1) is 5.92 Å². The molecule has 1 aliphatic rings. The van der Waals surface area contributed by atoms with Crippen LogP contribution in [0.5, 0.6) is 0 Å². The molecular formula is C10H16N4O. The van der Waals surface area contributed by atoms with Crippen molar-refractivity contribution in [2.75, 3.05) is 13.6 Å². The normalized spacial score (nSPS) is 16.9. The molecule has 0 bridgehead atoms. The van der Waals surface area contributed by atoms with Crippen LogP contribution in [0.2, 0.25) is 0 Å². The Morgan fingerprint density at radius 1 is 1.60 bits per heavy atom. The Bertz CT molecular complexity index is 316. The zero-order valence-corrected chi connectivity index (χ0v) is 8.94. The summed E-state index contributed by atoms with van der Waals surface area (Å²) in [5, 5.41) is 6.26. The van der Waals surface area contributed by atoms with Crippen molar-refractivity contribution in [1.29, 1.82) is 0 Å². The molecule has 1 aromatic heterocycles. The van der Waals surface area contributed by atoms with Gasteiger partial charge in [0, 0.05) is 13.6 Å². The standard InChI is InChI=1S/C10H16N4O/c1-14(6-8-4-2-3-5-8)10(15)9-11-7-12-13-9/h7-8H,2-6H2,1H3,(H,11,12,13). The highest BCUT2D eigenvalue weighted by Gasteiger charge is 2.21. The molecule has 1 amide bonds. The minimum atomic E-state index is -0.0700. The van der Waals surface area contributed by atoms with Gasteiger partial charge in [-0.2, -0.15) is 5.10 Å². The van der Waals surface area contributed by atoms with Crippen molar-refractivity contribution in [3.05, 3.63) is 12.2 Å². The van der Waals surface area contributed by atoms with E-state index < -0.39 is 0 Å². The Morgan fingerprint density at radius 2 is 2.33 bits per heavy atom. The minimum absolute atomic E-state index is 0.0700. The van der Waals surface area contributed by atoms with E-state index in [2.05, 4.69) is 15.2 Å². The van der Waals surface area contributed by atoms with Gasteiger partial charge in [-0.05, 0) is 18.8 Å². The number of H-pyrrole nitrogens is 1. The van der Waals surface area contributed by atoms with Crippen molar-refractivity contribution >= 4 is 5.91 Å². The van der Waals surface area contributed by atoms with E-state index >= 15 is 0 Å². The summed E-state index contributed by atoms with van der Waals surface area (Å²) in [5.41, 5.74) is 0. The first kappa shape index (κ1) is 10.1. The lowest BCUT2D eigenvalue weighted by molar-refractivity contribution is 0.0761. The molecule has 0 spiro atoms. The van der Waals surface area contributed by atoms with Crippen molar-refractivity contribution in [2.24, 2.45) is 5.92 Å². The summed E-state index contributed by atoms with van der Waals surface area (Å²) in [6, 6.07) is 0. The van der Waals surface area contributed by atoms with Crippen LogP contribution in [-0.4, -0.2) is 39.6 Å². The highest BCUT2D eigenvalue weighted by molar-refractivity contribution is 5.90. The second kappa shape index (κ2) is 4.42. The van der Waals surface area contributed by atoms with Gasteiger partial charge in [-0.1, -0.05) is 12.8 Å². The highest BCUT2D eigenvalue weighted by Crippen LogP contribution is 2.25. The lowest BCUT2D eigenvalue weighted by Crippen LogP contribution is -2.31. The number of hydrogen-bond acceptors (Lipinski definition) is 3. The number of nitrogens with zero attached hydrogens (tertiary/aromatic N) is 3. The zero-order chi connectivity index (χ0) is 10.7. The van der Waals surface area contributed by atoms with Crippen molar-refractivity contribution in [2.45, 2.75) is 25.7 Å². The number of rotatable bonds is 3. The molecule has 0 saturated heterocycles. The SMILES string of the molecule is CN(CC1CCCC1)C(=O)c1ncn[nH]1. The lowest BCUT2D eigenvalue weighted by Gasteiger charge is -2.19. The lowest BCUT2D eigenvalue weighted by atomic mass is 10.1.